The molecule has 1 amide bonds. The molecule has 0 saturated heterocycles. The van der Waals surface area contributed by atoms with Gasteiger partial charge in [-0.05, 0) is 38.1 Å². The molecule has 1 heterocycles. The first kappa shape index (κ1) is 20.7. The van der Waals surface area contributed by atoms with Gasteiger partial charge in [-0.15, -0.1) is 10.2 Å². The maximum atomic E-state index is 12.4. The Morgan fingerprint density at radius 3 is 2.52 bits per heavy atom. The van der Waals surface area contributed by atoms with Crippen molar-refractivity contribution in [2.45, 2.75) is 25.5 Å². The van der Waals surface area contributed by atoms with Crippen LogP contribution in [0, 0.1) is 0 Å². The molecule has 1 aromatic heterocycles. The Kier molecular flexibility index (Phi) is 7.13. The molecule has 0 spiro atoms. The normalized spacial score (nSPS) is 10.6. The first-order valence-corrected chi connectivity index (χ1v) is 10.4. The predicted octanol–water partition coefficient (Wildman–Crippen LogP) is 4.10. The summed E-state index contributed by atoms with van der Waals surface area (Å²) in [6.07, 6.45) is 0. The smallest absolute Gasteiger partial charge is 0.234 e. The van der Waals surface area contributed by atoms with E-state index in [2.05, 4.69) is 15.5 Å². The number of hydrogen-bond donors (Lipinski definition) is 1. The number of carbonyl (C=O) groups is 1. The van der Waals surface area contributed by atoms with Crippen molar-refractivity contribution < 1.29 is 14.3 Å². The van der Waals surface area contributed by atoms with Crippen LogP contribution in [-0.2, 0) is 11.3 Å². The molecule has 7 nitrogen and oxygen atoms in total. The van der Waals surface area contributed by atoms with E-state index in [1.165, 1.54) is 11.8 Å². The van der Waals surface area contributed by atoms with E-state index in [-0.39, 0.29) is 11.7 Å². The van der Waals surface area contributed by atoms with Gasteiger partial charge in [-0.2, -0.15) is 0 Å². The molecule has 0 aliphatic rings. The van der Waals surface area contributed by atoms with E-state index in [1.54, 1.807) is 19.2 Å². The number of methoxy groups -OCH3 is 1. The Hall–Kier alpha value is -3.00. The molecule has 0 saturated carbocycles. The molecule has 3 rings (SSSR count). The van der Waals surface area contributed by atoms with Gasteiger partial charge in [0.15, 0.2) is 11.0 Å². The molecule has 29 heavy (non-hydrogen) atoms. The largest absolute Gasteiger partial charge is 0.495 e. The zero-order valence-electron chi connectivity index (χ0n) is 16.7. The highest BCUT2D eigenvalue weighted by Gasteiger charge is 2.17. The molecule has 3 aromatic rings. The minimum absolute atomic E-state index is 0.138. The number of thioether (sulfide) groups is 1. The van der Waals surface area contributed by atoms with E-state index in [9.17, 15) is 4.79 Å². The number of ether oxygens (including phenoxy) is 2. The van der Waals surface area contributed by atoms with Crippen molar-refractivity contribution in [1.29, 1.82) is 0 Å². The Labute approximate surface area is 174 Å². The van der Waals surface area contributed by atoms with Crippen LogP contribution < -0.4 is 14.8 Å². The minimum Gasteiger partial charge on any atom is -0.495 e. The van der Waals surface area contributed by atoms with Gasteiger partial charge in [-0.3, -0.25) is 4.79 Å². The van der Waals surface area contributed by atoms with Gasteiger partial charge >= 0.3 is 0 Å². The molecule has 152 valence electrons. The van der Waals surface area contributed by atoms with Crippen molar-refractivity contribution in [3.05, 3.63) is 48.5 Å². The lowest BCUT2D eigenvalue weighted by molar-refractivity contribution is -0.113. The highest BCUT2D eigenvalue weighted by atomic mass is 32.2. The SMILES string of the molecule is CCOc1ccccc1-c1nnc(SCC(=O)Nc2ccccc2OC)n1CC. The van der Waals surface area contributed by atoms with Gasteiger partial charge in [0.25, 0.3) is 0 Å². The summed E-state index contributed by atoms with van der Waals surface area (Å²) in [7, 11) is 1.57. The third-order valence-electron chi connectivity index (χ3n) is 4.17. The maximum absolute atomic E-state index is 12.4. The van der Waals surface area contributed by atoms with Crippen molar-refractivity contribution in [2.24, 2.45) is 0 Å². The van der Waals surface area contributed by atoms with Gasteiger partial charge in [0, 0.05) is 6.54 Å². The van der Waals surface area contributed by atoms with Crippen LogP contribution in [0.2, 0.25) is 0 Å². The first-order chi connectivity index (χ1) is 14.2. The molecule has 0 radical (unpaired) electrons. The lowest BCUT2D eigenvalue weighted by Gasteiger charge is -2.12. The van der Waals surface area contributed by atoms with Gasteiger partial charge in [0.1, 0.15) is 11.5 Å². The fourth-order valence-corrected chi connectivity index (χ4v) is 3.68. The fraction of sp³-hybridized carbons (Fsp3) is 0.286. The van der Waals surface area contributed by atoms with Crippen molar-refractivity contribution in [3.63, 3.8) is 0 Å². The molecule has 2 aromatic carbocycles. The zero-order valence-corrected chi connectivity index (χ0v) is 17.5. The lowest BCUT2D eigenvalue weighted by atomic mass is 10.2. The zero-order chi connectivity index (χ0) is 20.6. The second-order valence-corrected chi connectivity index (χ2v) is 6.96. The van der Waals surface area contributed by atoms with E-state index in [0.29, 0.717) is 29.7 Å². The number of carbonyl (C=O) groups excluding carboxylic acids is 1. The van der Waals surface area contributed by atoms with Crippen molar-refractivity contribution in [2.75, 3.05) is 24.8 Å². The summed E-state index contributed by atoms with van der Waals surface area (Å²) in [5.74, 6) is 2.19. The molecule has 0 bridgehead atoms. The van der Waals surface area contributed by atoms with Crippen LogP contribution in [0.25, 0.3) is 11.4 Å². The quantitative estimate of drug-likeness (QED) is 0.533. The van der Waals surface area contributed by atoms with Gasteiger partial charge in [0.2, 0.25) is 5.91 Å². The number of amides is 1. The summed E-state index contributed by atoms with van der Waals surface area (Å²) >= 11 is 1.34. The van der Waals surface area contributed by atoms with Crippen LogP contribution in [0.15, 0.2) is 53.7 Å². The molecule has 0 aliphatic heterocycles. The summed E-state index contributed by atoms with van der Waals surface area (Å²) in [6, 6.07) is 15.1. The van der Waals surface area contributed by atoms with E-state index >= 15 is 0 Å². The topological polar surface area (TPSA) is 78.3 Å². The Balaban J connectivity index is 1.73. The predicted molar refractivity (Wildman–Crippen MR) is 115 cm³/mol. The molecular weight excluding hydrogens is 388 g/mol. The van der Waals surface area contributed by atoms with E-state index in [4.69, 9.17) is 9.47 Å². The van der Waals surface area contributed by atoms with Gasteiger partial charge < -0.3 is 19.4 Å². The van der Waals surface area contributed by atoms with E-state index < -0.39 is 0 Å². The average Bonchev–Trinajstić information content (AvgIpc) is 3.16. The number of benzene rings is 2. The van der Waals surface area contributed by atoms with Gasteiger partial charge in [0.05, 0.1) is 30.7 Å². The molecule has 1 N–H and O–H groups in total. The first-order valence-electron chi connectivity index (χ1n) is 9.39. The number of nitrogens with zero attached hydrogens (tertiary/aromatic N) is 3. The number of para-hydroxylation sites is 3. The summed E-state index contributed by atoms with van der Waals surface area (Å²) in [5, 5.41) is 12.2. The van der Waals surface area contributed by atoms with Crippen molar-refractivity contribution >= 4 is 23.4 Å². The second-order valence-electron chi connectivity index (χ2n) is 6.02. The Morgan fingerprint density at radius 2 is 1.79 bits per heavy atom. The minimum atomic E-state index is -0.138. The number of nitrogens with one attached hydrogen (secondary N) is 1. The molecule has 8 heteroatoms. The maximum Gasteiger partial charge on any atom is 0.234 e. The van der Waals surface area contributed by atoms with Crippen LogP contribution >= 0.6 is 11.8 Å². The molecule has 0 fully saturated rings. The number of aromatic nitrogens is 3. The monoisotopic (exact) mass is 412 g/mol. The van der Waals surface area contributed by atoms with Crippen LogP contribution in [-0.4, -0.2) is 40.1 Å². The van der Waals surface area contributed by atoms with Crippen LogP contribution in [0.5, 0.6) is 11.5 Å². The average molecular weight is 413 g/mol. The van der Waals surface area contributed by atoms with E-state index in [1.807, 2.05) is 54.8 Å². The third-order valence-corrected chi connectivity index (χ3v) is 5.14. The van der Waals surface area contributed by atoms with Crippen molar-refractivity contribution in [3.8, 4) is 22.9 Å². The summed E-state index contributed by atoms with van der Waals surface area (Å²) in [4.78, 5) is 12.4. The Bertz CT molecular complexity index is 974. The third kappa shape index (κ3) is 4.89. The number of rotatable bonds is 9. The number of anilines is 1. The van der Waals surface area contributed by atoms with Gasteiger partial charge in [-0.25, -0.2) is 0 Å². The molecule has 0 atom stereocenters. The molecule has 0 unspecified atom stereocenters. The fourth-order valence-electron chi connectivity index (χ4n) is 2.88. The van der Waals surface area contributed by atoms with Crippen LogP contribution in [0.3, 0.4) is 0 Å². The number of hydrogen-bond acceptors (Lipinski definition) is 6. The van der Waals surface area contributed by atoms with Gasteiger partial charge in [-0.1, -0.05) is 36.0 Å². The molecule has 0 aliphatic carbocycles. The second kappa shape index (κ2) is 9.97. The van der Waals surface area contributed by atoms with E-state index in [0.717, 1.165) is 17.1 Å². The van der Waals surface area contributed by atoms with Crippen LogP contribution in [0.4, 0.5) is 5.69 Å². The highest BCUT2D eigenvalue weighted by Crippen LogP contribution is 2.31. The standard InChI is InChI=1S/C21H24N4O3S/c1-4-25-20(15-10-6-8-12-17(15)28-5-2)23-24-21(25)29-14-19(26)22-16-11-7-9-13-18(16)27-3/h6-13H,4-5,14H2,1-3H3,(H,22,26). The lowest BCUT2D eigenvalue weighted by Crippen LogP contribution is -2.15. The summed E-state index contributed by atoms with van der Waals surface area (Å²) in [6.45, 7) is 5.22. The molecular formula is C21H24N4O3S. The van der Waals surface area contributed by atoms with Crippen LogP contribution in [0.1, 0.15) is 13.8 Å². The summed E-state index contributed by atoms with van der Waals surface area (Å²) < 4.78 is 13.0. The van der Waals surface area contributed by atoms with Crippen molar-refractivity contribution in [1.82, 2.24) is 14.8 Å². The Morgan fingerprint density at radius 1 is 1.07 bits per heavy atom. The highest BCUT2D eigenvalue weighted by molar-refractivity contribution is 7.99. The summed E-state index contributed by atoms with van der Waals surface area (Å²) in [5.41, 5.74) is 1.53.